The topological polar surface area (TPSA) is 52.6 Å². The number of carbonyl (C=O) groups excluding carboxylic acids is 2. The van der Waals surface area contributed by atoms with Crippen molar-refractivity contribution in [3.63, 3.8) is 0 Å². The molecule has 3 rings (SSSR count). The molecule has 0 spiro atoms. The Kier molecular flexibility index (Phi) is 5.86. The Labute approximate surface area is 156 Å². The van der Waals surface area contributed by atoms with E-state index in [1.807, 2.05) is 0 Å². The molecular formula is C18H20ClN3O2S. The Balaban J connectivity index is 1.56. The first-order valence-electron chi connectivity index (χ1n) is 8.12. The summed E-state index contributed by atoms with van der Waals surface area (Å²) in [6.45, 7) is 4.25. The van der Waals surface area contributed by atoms with Crippen LogP contribution in [0.4, 0.5) is 5.69 Å². The Morgan fingerprint density at radius 3 is 2.36 bits per heavy atom. The minimum absolute atomic E-state index is 0.104. The highest BCUT2D eigenvalue weighted by molar-refractivity contribution is 7.18. The summed E-state index contributed by atoms with van der Waals surface area (Å²) in [6, 6.07) is 10.4. The lowest BCUT2D eigenvalue weighted by Crippen LogP contribution is -2.46. The van der Waals surface area contributed by atoms with Crippen LogP contribution in [-0.4, -0.2) is 61.3 Å². The Hall–Kier alpha value is -1.73. The fraction of sp³-hybridized carbons (Fsp3) is 0.333. The number of benzene rings is 1. The van der Waals surface area contributed by atoms with E-state index in [0.717, 1.165) is 26.2 Å². The van der Waals surface area contributed by atoms with Crippen molar-refractivity contribution >= 4 is 40.3 Å². The molecule has 0 saturated carbocycles. The number of carbonyl (C=O) groups is 2. The number of anilines is 1. The molecule has 1 saturated heterocycles. The van der Waals surface area contributed by atoms with Crippen LogP contribution in [0, 0.1) is 0 Å². The highest BCUT2D eigenvalue weighted by atomic mass is 35.5. The van der Waals surface area contributed by atoms with Crippen LogP contribution in [0.15, 0.2) is 36.4 Å². The number of piperazine rings is 1. The normalized spacial score (nSPS) is 15.9. The molecule has 2 aromatic rings. The van der Waals surface area contributed by atoms with Gasteiger partial charge in [0.05, 0.1) is 15.8 Å². The SMILES string of the molecule is CN1CCN(CC(=O)c2ccc(NC(=O)c3ccc(Cl)s3)cc2)CC1. The van der Waals surface area contributed by atoms with Crippen molar-refractivity contribution in [1.29, 1.82) is 0 Å². The second-order valence-corrected chi connectivity index (χ2v) is 7.85. The maximum absolute atomic E-state index is 12.4. The van der Waals surface area contributed by atoms with Crippen molar-refractivity contribution < 1.29 is 9.59 Å². The number of amides is 1. The van der Waals surface area contributed by atoms with Crippen LogP contribution in [-0.2, 0) is 0 Å². The molecule has 5 nitrogen and oxygen atoms in total. The van der Waals surface area contributed by atoms with Gasteiger partial charge in [0.15, 0.2) is 5.78 Å². The average Bonchev–Trinajstić information content (AvgIpc) is 3.04. The number of likely N-dealkylation sites (N-methyl/N-ethyl adjacent to an activating group) is 1. The molecule has 1 fully saturated rings. The van der Waals surface area contributed by atoms with Gasteiger partial charge < -0.3 is 10.2 Å². The first-order chi connectivity index (χ1) is 12.0. The monoisotopic (exact) mass is 377 g/mol. The number of ketones is 1. The Bertz CT molecular complexity index is 752. The molecule has 0 unspecified atom stereocenters. The summed E-state index contributed by atoms with van der Waals surface area (Å²) in [4.78, 5) is 29.5. The number of nitrogens with one attached hydrogen (secondary N) is 1. The van der Waals surface area contributed by atoms with E-state index in [-0.39, 0.29) is 11.7 Å². The van der Waals surface area contributed by atoms with Crippen LogP contribution in [0.3, 0.4) is 0 Å². The van der Waals surface area contributed by atoms with Crippen molar-refractivity contribution in [2.75, 3.05) is 45.1 Å². The first-order valence-corrected chi connectivity index (χ1v) is 9.31. The van der Waals surface area contributed by atoms with Gasteiger partial charge in [0.1, 0.15) is 0 Å². The average molecular weight is 378 g/mol. The lowest BCUT2D eigenvalue weighted by Gasteiger charge is -2.31. The zero-order valence-corrected chi connectivity index (χ0v) is 15.6. The molecule has 0 bridgehead atoms. The van der Waals surface area contributed by atoms with Crippen LogP contribution < -0.4 is 5.32 Å². The summed E-state index contributed by atoms with van der Waals surface area (Å²) in [7, 11) is 2.09. The maximum Gasteiger partial charge on any atom is 0.265 e. The molecular weight excluding hydrogens is 358 g/mol. The number of nitrogens with zero attached hydrogens (tertiary/aromatic N) is 2. The van der Waals surface area contributed by atoms with Gasteiger partial charge in [-0.05, 0) is 43.4 Å². The fourth-order valence-corrected chi connectivity index (χ4v) is 3.61. The molecule has 1 aromatic heterocycles. The summed E-state index contributed by atoms with van der Waals surface area (Å²) >= 11 is 7.08. The van der Waals surface area contributed by atoms with E-state index in [2.05, 4.69) is 22.2 Å². The van der Waals surface area contributed by atoms with Crippen molar-refractivity contribution in [2.24, 2.45) is 0 Å². The molecule has 1 aliphatic heterocycles. The number of hydrogen-bond donors (Lipinski definition) is 1. The van der Waals surface area contributed by atoms with E-state index < -0.39 is 0 Å². The molecule has 0 radical (unpaired) electrons. The van der Waals surface area contributed by atoms with E-state index in [9.17, 15) is 9.59 Å². The third-order valence-electron chi connectivity index (χ3n) is 4.22. The van der Waals surface area contributed by atoms with Crippen molar-refractivity contribution in [2.45, 2.75) is 0 Å². The predicted molar refractivity (Wildman–Crippen MR) is 102 cm³/mol. The molecule has 2 heterocycles. The Morgan fingerprint density at radius 2 is 1.76 bits per heavy atom. The summed E-state index contributed by atoms with van der Waals surface area (Å²) in [5, 5.41) is 2.81. The molecule has 1 N–H and O–H groups in total. The van der Waals surface area contributed by atoms with Gasteiger partial charge in [0, 0.05) is 37.4 Å². The zero-order valence-electron chi connectivity index (χ0n) is 14.0. The Morgan fingerprint density at radius 1 is 1.08 bits per heavy atom. The van der Waals surface area contributed by atoms with Gasteiger partial charge in [0.2, 0.25) is 0 Å². The summed E-state index contributed by atoms with van der Waals surface area (Å²) < 4.78 is 0.579. The number of hydrogen-bond acceptors (Lipinski definition) is 5. The van der Waals surface area contributed by atoms with Gasteiger partial charge in [-0.2, -0.15) is 0 Å². The molecule has 0 atom stereocenters. The second-order valence-electron chi connectivity index (χ2n) is 6.14. The predicted octanol–water partition coefficient (Wildman–Crippen LogP) is 3.08. The third kappa shape index (κ3) is 4.89. The highest BCUT2D eigenvalue weighted by Gasteiger charge is 2.17. The highest BCUT2D eigenvalue weighted by Crippen LogP contribution is 2.22. The number of halogens is 1. The lowest BCUT2D eigenvalue weighted by atomic mass is 10.1. The largest absolute Gasteiger partial charge is 0.321 e. The molecule has 1 amide bonds. The van der Waals surface area contributed by atoms with Gasteiger partial charge in [-0.3, -0.25) is 14.5 Å². The molecule has 25 heavy (non-hydrogen) atoms. The second kappa shape index (κ2) is 8.10. The molecule has 132 valence electrons. The van der Waals surface area contributed by atoms with Gasteiger partial charge in [0.25, 0.3) is 5.91 Å². The van der Waals surface area contributed by atoms with Gasteiger partial charge in [-0.15, -0.1) is 11.3 Å². The van der Waals surface area contributed by atoms with Crippen LogP contribution in [0.2, 0.25) is 4.34 Å². The van der Waals surface area contributed by atoms with E-state index >= 15 is 0 Å². The number of rotatable bonds is 5. The fourth-order valence-electron chi connectivity index (χ4n) is 2.67. The summed E-state index contributed by atoms with van der Waals surface area (Å²) in [5.41, 5.74) is 1.32. The molecule has 1 aromatic carbocycles. The van der Waals surface area contributed by atoms with Gasteiger partial charge in [-0.1, -0.05) is 11.6 Å². The molecule has 0 aliphatic carbocycles. The van der Waals surface area contributed by atoms with E-state index in [0.29, 0.717) is 27.0 Å². The first kappa shape index (κ1) is 18.1. The van der Waals surface area contributed by atoms with Gasteiger partial charge in [-0.25, -0.2) is 0 Å². The summed E-state index contributed by atoms with van der Waals surface area (Å²) in [6.07, 6.45) is 0. The lowest BCUT2D eigenvalue weighted by molar-refractivity contribution is 0.0876. The zero-order chi connectivity index (χ0) is 17.8. The number of thiophene rings is 1. The van der Waals surface area contributed by atoms with E-state index in [1.165, 1.54) is 11.3 Å². The van der Waals surface area contributed by atoms with Crippen LogP contribution in [0.25, 0.3) is 0 Å². The smallest absolute Gasteiger partial charge is 0.265 e. The van der Waals surface area contributed by atoms with Crippen molar-refractivity contribution in [1.82, 2.24) is 9.80 Å². The van der Waals surface area contributed by atoms with E-state index in [4.69, 9.17) is 11.6 Å². The van der Waals surface area contributed by atoms with Crippen LogP contribution in [0.1, 0.15) is 20.0 Å². The maximum atomic E-state index is 12.4. The number of Topliss-reactive ketones (excluding diaryl/α,β-unsaturated/α-hetero) is 1. The van der Waals surface area contributed by atoms with E-state index in [1.54, 1.807) is 36.4 Å². The minimum atomic E-state index is -0.201. The van der Waals surface area contributed by atoms with Crippen molar-refractivity contribution in [3.8, 4) is 0 Å². The quantitative estimate of drug-likeness (QED) is 0.813. The minimum Gasteiger partial charge on any atom is -0.321 e. The van der Waals surface area contributed by atoms with Crippen LogP contribution >= 0.6 is 22.9 Å². The summed E-state index contributed by atoms with van der Waals surface area (Å²) in [5.74, 6) is -0.0964. The molecule has 7 heteroatoms. The molecule has 1 aliphatic rings. The van der Waals surface area contributed by atoms with Gasteiger partial charge >= 0.3 is 0 Å². The standard InChI is InChI=1S/C18H20ClN3O2S/c1-21-8-10-22(11-9-21)12-15(23)13-2-4-14(5-3-13)20-18(24)16-6-7-17(19)25-16/h2-7H,8-12H2,1H3,(H,20,24). The van der Waals surface area contributed by atoms with Crippen molar-refractivity contribution in [3.05, 3.63) is 51.2 Å². The van der Waals surface area contributed by atoms with Crippen LogP contribution in [0.5, 0.6) is 0 Å². The third-order valence-corrected chi connectivity index (χ3v) is 5.45.